The molecule has 0 saturated heterocycles. The summed E-state index contributed by atoms with van der Waals surface area (Å²) in [6.07, 6.45) is 6.11. The van der Waals surface area contributed by atoms with Gasteiger partial charge in [-0.25, -0.2) is 9.59 Å². The molecule has 0 aromatic heterocycles. The summed E-state index contributed by atoms with van der Waals surface area (Å²) in [7, 11) is 0. The van der Waals surface area contributed by atoms with Gasteiger partial charge in [0, 0.05) is 5.57 Å². The highest BCUT2D eigenvalue weighted by molar-refractivity contribution is 6.36. The van der Waals surface area contributed by atoms with Crippen LogP contribution in [-0.2, 0) is 9.59 Å². The van der Waals surface area contributed by atoms with Crippen LogP contribution in [0.5, 0.6) is 0 Å². The van der Waals surface area contributed by atoms with E-state index in [-0.39, 0.29) is 22.1 Å². The summed E-state index contributed by atoms with van der Waals surface area (Å²) >= 11 is 6.07. The molecule has 1 unspecified atom stereocenters. The van der Waals surface area contributed by atoms with E-state index in [1.807, 2.05) is 0 Å². The minimum atomic E-state index is -0.940. The molecule has 0 amide bonds. The molecule has 106 valence electrons. The topological polar surface area (TPSA) is 107 Å². The third kappa shape index (κ3) is 2.00. The number of allylic oxidation sites excluding steroid dienone is 1. The third-order valence-corrected chi connectivity index (χ3v) is 3.81. The van der Waals surface area contributed by atoms with Gasteiger partial charge in [-0.2, -0.15) is 9.98 Å². The van der Waals surface area contributed by atoms with Crippen molar-refractivity contribution in [3.63, 3.8) is 0 Å². The lowest BCUT2D eigenvalue weighted by Crippen LogP contribution is -2.31. The number of hydrogen-bond donors (Lipinski definition) is 2. The van der Waals surface area contributed by atoms with Crippen LogP contribution in [0.1, 0.15) is 11.1 Å². The molecule has 1 atom stereocenters. The van der Waals surface area contributed by atoms with Crippen LogP contribution in [0, 0.1) is 10.8 Å². The van der Waals surface area contributed by atoms with Crippen LogP contribution < -0.4 is 0 Å². The molecular formula is C15H7ClN4O2. The van der Waals surface area contributed by atoms with Gasteiger partial charge in [0.15, 0.2) is 0 Å². The minimum Gasteiger partial charge on any atom is -0.303 e. The maximum atomic E-state index is 10.4. The standard InChI is InChI=1S/C15H7ClN4O2/c16-11-3-8-7(2-13(11)19-5-21)1-10-9(8)4-12(17)15(14(10)18)20-6-22/h1-4,15,17-18H. The van der Waals surface area contributed by atoms with Gasteiger partial charge in [0.25, 0.3) is 0 Å². The molecule has 0 bridgehead atoms. The highest BCUT2D eigenvalue weighted by atomic mass is 35.5. The smallest absolute Gasteiger partial charge is 0.240 e. The second-order valence-electron chi connectivity index (χ2n) is 4.70. The van der Waals surface area contributed by atoms with Crippen LogP contribution >= 0.6 is 11.6 Å². The first-order valence-electron chi connectivity index (χ1n) is 6.16. The number of carbonyl (C=O) groups excluding carboxylic acids is 2. The van der Waals surface area contributed by atoms with Crippen molar-refractivity contribution in [3.05, 3.63) is 39.9 Å². The fraction of sp³-hybridized carbons (Fsp3) is 0.0667. The molecule has 22 heavy (non-hydrogen) atoms. The first kappa shape index (κ1) is 14.0. The molecule has 2 aliphatic carbocycles. The summed E-state index contributed by atoms with van der Waals surface area (Å²) in [6.45, 7) is 0. The molecule has 1 aromatic carbocycles. The molecular weight excluding hydrogens is 304 g/mol. The van der Waals surface area contributed by atoms with E-state index < -0.39 is 6.04 Å². The van der Waals surface area contributed by atoms with Gasteiger partial charge in [0.1, 0.15) is 6.04 Å². The van der Waals surface area contributed by atoms with E-state index in [9.17, 15) is 9.59 Å². The van der Waals surface area contributed by atoms with Crippen molar-refractivity contribution < 1.29 is 9.59 Å². The first-order chi connectivity index (χ1) is 10.6. The maximum absolute atomic E-state index is 10.4. The summed E-state index contributed by atoms with van der Waals surface area (Å²) in [5.74, 6) is 0. The second kappa shape index (κ2) is 5.13. The van der Waals surface area contributed by atoms with Crippen LogP contribution in [0.25, 0.3) is 11.6 Å². The van der Waals surface area contributed by atoms with Crippen molar-refractivity contribution in [2.24, 2.45) is 9.98 Å². The Morgan fingerprint density at radius 2 is 1.86 bits per heavy atom. The fourth-order valence-corrected chi connectivity index (χ4v) is 2.75. The van der Waals surface area contributed by atoms with Gasteiger partial charge < -0.3 is 10.8 Å². The normalized spacial score (nSPS) is 18.5. The summed E-state index contributed by atoms with van der Waals surface area (Å²) < 4.78 is 0. The van der Waals surface area contributed by atoms with Gasteiger partial charge in [-0.05, 0) is 41.0 Å². The van der Waals surface area contributed by atoms with E-state index in [2.05, 4.69) is 9.98 Å². The number of isocyanates is 2. The number of hydrogen-bond acceptors (Lipinski definition) is 6. The van der Waals surface area contributed by atoms with Crippen LogP contribution in [0.15, 0.2) is 33.8 Å². The van der Waals surface area contributed by atoms with Gasteiger partial charge in [-0.1, -0.05) is 11.6 Å². The lowest BCUT2D eigenvalue weighted by Gasteiger charge is -2.20. The fourth-order valence-electron chi connectivity index (χ4n) is 2.55. The molecule has 0 fully saturated rings. The Balaban J connectivity index is 2.20. The van der Waals surface area contributed by atoms with Crippen molar-refractivity contribution in [3.8, 4) is 0 Å². The number of benzene rings is 1. The molecule has 2 aliphatic rings. The molecule has 2 N–H and O–H groups in total. The Kier molecular flexibility index (Phi) is 3.28. The van der Waals surface area contributed by atoms with Gasteiger partial charge in [-0.3, -0.25) is 0 Å². The lowest BCUT2D eigenvalue weighted by atomic mass is 9.87. The Bertz CT molecular complexity index is 900. The monoisotopic (exact) mass is 310 g/mol. The average molecular weight is 311 g/mol. The number of rotatable bonds is 2. The molecule has 0 heterocycles. The third-order valence-electron chi connectivity index (χ3n) is 3.51. The van der Waals surface area contributed by atoms with E-state index in [0.29, 0.717) is 11.1 Å². The molecule has 0 aliphatic heterocycles. The number of halogens is 1. The largest absolute Gasteiger partial charge is 0.303 e. The highest BCUT2D eigenvalue weighted by Crippen LogP contribution is 2.43. The van der Waals surface area contributed by atoms with Gasteiger partial charge in [0.2, 0.25) is 12.2 Å². The van der Waals surface area contributed by atoms with E-state index in [0.717, 1.165) is 11.1 Å². The lowest BCUT2D eigenvalue weighted by molar-refractivity contribution is 0.563. The summed E-state index contributed by atoms with van der Waals surface area (Å²) in [6, 6.07) is 2.31. The van der Waals surface area contributed by atoms with E-state index in [1.54, 1.807) is 24.3 Å². The number of fused-ring (bicyclic) bond motifs is 3. The van der Waals surface area contributed by atoms with E-state index >= 15 is 0 Å². The molecule has 0 spiro atoms. The second-order valence-corrected chi connectivity index (χ2v) is 5.11. The average Bonchev–Trinajstić information content (AvgIpc) is 2.82. The van der Waals surface area contributed by atoms with Crippen molar-refractivity contribution in [2.45, 2.75) is 6.04 Å². The summed E-state index contributed by atoms with van der Waals surface area (Å²) in [4.78, 5) is 27.9. The molecule has 7 heteroatoms. The molecule has 0 saturated carbocycles. The molecule has 3 rings (SSSR count). The van der Waals surface area contributed by atoms with Gasteiger partial charge >= 0.3 is 0 Å². The predicted octanol–water partition coefficient (Wildman–Crippen LogP) is 2.85. The molecule has 0 radical (unpaired) electrons. The number of nitrogens with one attached hydrogen (secondary N) is 2. The maximum Gasteiger partial charge on any atom is 0.240 e. The van der Waals surface area contributed by atoms with Gasteiger partial charge in [-0.15, -0.1) is 0 Å². The SMILES string of the molecule is N=C1C=C2C(=Cc3cc(N=C=O)c(Cl)cc32)C(=N)C1N=C=O. The van der Waals surface area contributed by atoms with Crippen molar-refractivity contribution >= 4 is 52.5 Å². The summed E-state index contributed by atoms with van der Waals surface area (Å²) in [5.41, 5.74) is 3.10. The predicted molar refractivity (Wildman–Crippen MR) is 82.6 cm³/mol. The van der Waals surface area contributed by atoms with Crippen LogP contribution in [0.4, 0.5) is 5.69 Å². The molecule has 6 nitrogen and oxygen atoms in total. The zero-order valence-electron chi connectivity index (χ0n) is 11.0. The van der Waals surface area contributed by atoms with Crippen molar-refractivity contribution in [2.75, 3.05) is 0 Å². The zero-order chi connectivity index (χ0) is 15.9. The van der Waals surface area contributed by atoms with E-state index in [1.165, 1.54) is 12.2 Å². The Hall–Kier alpha value is -2.91. The van der Waals surface area contributed by atoms with Crippen LogP contribution in [-0.4, -0.2) is 29.6 Å². The van der Waals surface area contributed by atoms with Gasteiger partial charge in [0.05, 0.1) is 22.1 Å². The Morgan fingerprint density at radius 3 is 2.55 bits per heavy atom. The van der Waals surface area contributed by atoms with Crippen molar-refractivity contribution in [1.29, 1.82) is 10.8 Å². The molecule has 1 aromatic rings. The van der Waals surface area contributed by atoms with E-state index in [4.69, 9.17) is 22.4 Å². The quantitative estimate of drug-likeness (QED) is 0.647. The number of aliphatic imine (C=N–C) groups is 2. The number of nitrogens with zero attached hydrogens (tertiary/aromatic N) is 2. The Morgan fingerprint density at radius 1 is 1.09 bits per heavy atom. The first-order valence-corrected chi connectivity index (χ1v) is 6.54. The van der Waals surface area contributed by atoms with Crippen LogP contribution in [0.2, 0.25) is 5.02 Å². The Labute approximate surface area is 129 Å². The minimum absolute atomic E-state index is 0.0412. The zero-order valence-corrected chi connectivity index (χ0v) is 11.7. The van der Waals surface area contributed by atoms with Crippen molar-refractivity contribution in [1.82, 2.24) is 0 Å². The highest BCUT2D eigenvalue weighted by Gasteiger charge is 2.33. The summed E-state index contributed by atoms with van der Waals surface area (Å²) in [5, 5.41) is 16.3. The van der Waals surface area contributed by atoms with Crippen LogP contribution in [0.3, 0.4) is 0 Å².